The second kappa shape index (κ2) is 7.29. The van der Waals surface area contributed by atoms with Crippen molar-refractivity contribution in [3.05, 3.63) is 53.8 Å². The molecule has 146 valence electrons. The molecule has 0 saturated carbocycles. The molecule has 5 rings (SSSR count). The van der Waals surface area contributed by atoms with Crippen LogP contribution in [0.5, 0.6) is 0 Å². The van der Waals surface area contributed by atoms with Gasteiger partial charge < -0.3 is 14.5 Å². The van der Waals surface area contributed by atoms with Crippen molar-refractivity contribution in [1.29, 1.82) is 0 Å². The SMILES string of the molecule is COC(=O)c1nc(N2CCN(c3ccnc4ccccc34)CC2)c2sccc2n1. The highest BCUT2D eigenvalue weighted by atomic mass is 32.1. The third-order valence-corrected chi connectivity index (χ3v) is 6.10. The van der Waals surface area contributed by atoms with Crippen molar-refractivity contribution in [2.75, 3.05) is 43.1 Å². The summed E-state index contributed by atoms with van der Waals surface area (Å²) in [6, 6.07) is 12.2. The number of nitrogens with zero attached hydrogens (tertiary/aromatic N) is 5. The van der Waals surface area contributed by atoms with Crippen LogP contribution < -0.4 is 9.80 Å². The van der Waals surface area contributed by atoms with Crippen molar-refractivity contribution >= 4 is 49.9 Å². The highest BCUT2D eigenvalue weighted by Crippen LogP contribution is 2.31. The number of pyridine rings is 1. The van der Waals surface area contributed by atoms with E-state index in [2.05, 4.69) is 36.9 Å². The van der Waals surface area contributed by atoms with E-state index in [4.69, 9.17) is 4.74 Å². The van der Waals surface area contributed by atoms with Crippen LogP contribution in [0.4, 0.5) is 11.5 Å². The number of aromatic nitrogens is 3. The lowest BCUT2D eigenvalue weighted by Gasteiger charge is -2.37. The number of hydrogen-bond acceptors (Lipinski definition) is 8. The van der Waals surface area contributed by atoms with E-state index >= 15 is 0 Å². The summed E-state index contributed by atoms with van der Waals surface area (Å²) in [5.74, 6) is 0.404. The summed E-state index contributed by atoms with van der Waals surface area (Å²) in [7, 11) is 1.35. The molecule has 4 aromatic rings. The number of ether oxygens (including phenoxy) is 1. The van der Waals surface area contributed by atoms with Crippen molar-refractivity contribution in [3.63, 3.8) is 0 Å². The van der Waals surface area contributed by atoms with Crippen molar-refractivity contribution < 1.29 is 9.53 Å². The molecule has 0 bridgehead atoms. The van der Waals surface area contributed by atoms with Gasteiger partial charge in [-0.15, -0.1) is 11.3 Å². The van der Waals surface area contributed by atoms with Gasteiger partial charge in [-0.3, -0.25) is 4.98 Å². The molecule has 29 heavy (non-hydrogen) atoms. The largest absolute Gasteiger partial charge is 0.463 e. The number of piperazine rings is 1. The maximum absolute atomic E-state index is 12.0. The Labute approximate surface area is 171 Å². The number of para-hydroxylation sites is 1. The molecule has 1 fully saturated rings. The maximum Gasteiger partial charge on any atom is 0.376 e. The van der Waals surface area contributed by atoms with Gasteiger partial charge in [0.05, 0.1) is 22.8 Å². The van der Waals surface area contributed by atoms with Crippen molar-refractivity contribution in [2.45, 2.75) is 0 Å². The van der Waals surface area contributed by atoms with Crippen LogP contribution in [0.1, 0.15) is 10.6 Å². The first-order valence-electron chi connectivity index (χ1n) is 9.42. The molecule has 0 amide bonds. The van der Waals surface area contributed by atoms with E-state index in [1.807, 2.05) is 35.8 Å². The molecule has 0 radical (unpaired) electrons. The van der Waals surface area contributed by atoms with Crippen LogP contribution in [0.25, 0.3) is 21.1 Å². The molecule has 1 saturated heterocycles. The van der Waals surface area contributed by atoms with Crippen molar-refractivity contribution in [3.8, 4) is 0 Å². The van der Waals surface area contributed by atoms with Gasteiger partial charge in [0.2, 0.25) is 5.82 Å². The standard InChI is InChI=1S/C21H19N5O2S/c1-28-21(27)19-23-16-7-13-29-18(16)20(24-19)26-11-9-25(10-12-26)17-6-8-22-15-5-3-2-4-14(15)17/h2-8,13H,9-12H2,1H3. The molecule has 4 heterocycles. The van der Waals surface area contributed by atoms with Gasteiger partial charge in [-0.05, 0) is 23.6 Å². The highest BCUT2D eigenvalue weighted by molar-refractivity contribution is 7.17. The lowest BCUT2D eigenvalue weighted by molar-refractivity contribution is 0.0587. The van der Waals surface area contributed by atoms with Crippen LogP contribution in [0.2, 0.25) is 0 Å². The Morgan fingerprint density at radius 2 is 1.79 bits per heavy atom. The molecular weight excluding hydrogens is 386 g/mol. The molecule has 1 aliphatic rings. The van der Waals surface area contributed by atoms with Crippen LogP contribution >= 0.6 is 11.3 Å². The fraction of sp³-hybridized carbons (Fsp3) is 0.238. The normalized spacial score (nSPS) is 14.5. The summed E-state index contributed by atoms with van der Waals surface area (Å²) in [6.45, 7) is 3.33. The second-order valence-corrected chi connectivity index (χ2v) is 7.73. The fourth-order valence-corrected chi connectivity index (χ4v) is 4.61. The quantitative estimate of drug-likeness (QED) is 0.484. The molecule has 7 nitrogen and oxygen atoms in total. The number of benzene rings is 1. The molecule has 1 aliphatic heterocycles. The average Bonchev–Trinajstić information content (AvgIpc) is 3.26. The van der Waals surface area contributed by atoms with Crippen LogP contribution in [0, 0.1) is 0 Å². The maximum atomic E-state index is 12.0. The van der Waals surface area contributed by atoms with Crippen LogP contribution in [0.3, 0.4) is 0 Å². The summed E-state index contributed by atoms with van der Waals surface area (Å²) < 4.78 is 5.83. The first kappa shape index (κ1) is 17.8. The number of hydrogen-bond donors (Lipinski definition) is 0. The Bertz CT molecular complexity index is 1190. The van der Waals surface area contributed by atoms with E-state index in [0.29, 0.717) is 0 Å². The van der Waals surface area contributed by atoms with Gasteiger partial charge in [-0.25, -0.2) is 14.8 Å². The zero-order valence-corrected chi connectivity index (χ0v) is 16.7. The average molecular weight is 405 g/mol. The Kier molecular flexibility index (Phi) is 4.48. The minimum absolute atomic E-state index is 0.107. The number of thiophene rings is 1. The minimum atomic E-state index is -0.513. The van der Waals surface area contributed by atoms with E-state index in [-0.39, 0.29) is 5.82 Å². The lowest BCUT2D eigenvalue weighted by Crippen LogP contribution is -2.47. The number of methoxy groups -OCH3 is 1. The van der Waals surface area contributed by atoms with Gasteiger partial charge in [-0.2, -0.15) is 0 Å². The topological polar surface area (TPSA) is 71.5 Å². The molecule has 3 aromatic heterocycles. The van der Waals surface area contributed by atoms with Crippen LogP contribution in [0.15, 0.2) is 48.0 Å². The monoisotopic (exact) mass is 405 g/mol. The number of rotatable bonds is 3. The Morgan fingerprint density at radius 1 is 1.00 bits per heavy atom. The zero-order valence-electron chi connectivity index (χ0n) is 15.9. The van der Waals surface area contributed by atoms with E-state index in [1.54, 1.807) is 11.3 Å². The fourth-order valence-electron chi connectivity index (χ4n) is 3.76. The molecule has 8 heteroatoms. The minimum Gasteiger partial charge on any atom is -0.463 e. The van der Waals surface area contributed by atoms with Crippen molar-refractivity contribution in [2.24, 2.45) is 0 Å². The molecule has 1 aromatic carbocycles. The van der Waals surface area contributed by atoms with Gasteiger partial charge in [0.25, 0.3) is 0 Å². The first-order valence-corrected chi connectivity index (χ1v) is 10.3. The Balaban J connectivity index is 1.43. The smallest absolute Gasteiger partial charge is 0.376 e. The molecule has 0 aliphatic carbocycles. The van der Waals surface area contributed by atoms with Crippen molar-refractivity contribution in [1.82, 2.24) is 15.0 Å². The number of esters is 1. The number of fused-ring (bicyclic) bond motifs is 2. The second-order valence-electron chi connectivity index (χ2n) is 6.82. The Hall–Kier alpha value is -3.26. The predicted molar refractivity (Wildman–Crippen MR) is 115 cm³/mol. The molecule has 0 unspecified atom stereocenters. The number of carbonyl (C=O) groups is 1. The lowest BCUT2D eigenvalue weighted by atomic mass is 10.1. The zero-order chi connectivity index (χ0) is 19.8. The summed E-state index contributed by atoms with van der Waals surface area (Å²) in [6.07, 6.45) is 1.87. The van der Waals surface area contributed by atoms with Gasteiger partial charge in [0, 0.05) is 43.4 Å². The molecule has 0 N–H and O–H groups in total. The number of carbonyl (C=O) groups excluding carboxylic acids is 1. The van der Waals surface area contributed by atoms with Gasteiger partial charge >= 0.3 is 5.97 Å². The van der Waals surface area contributed by atoms with Gasteiger partial charge in [-0.1, -0.05) is 18.2 Å². The summed E-state index contributed by atoms with van der Waals surface area (Å²) >= 11 is 1.59. The summed E-state index contributed by atoms with van der Waals surface area (Å²) in [5.41, 5.74) is 2.99. The van der Waals surface area contributed by atoms with Crippen LogP contribution in [-0.2, 0) is 4.74 Å². The third-order valence-electron chi connectivity index (χ3n) is 5.20. The summed E-state index contributed by atoms with van der Waals surface area (Å²) in [4.78, 5) is 30.0. The molecule has 0 atom stereocenters. The summed E-state index contributed by atoms with van der Waals surface area (Å²) in [5, 5.41) is 3.14. The van der Waals surface area contributed by atoms with E-state index in [0.717, 1.165) is 47.7 Å². The highest BCUT2D eigenvalue weighted by Gasteiger charge is 2.24. The molecule has 0 spiro atoms. The van der Waals surface area contributed by atoms with E-state index in [1.165, 1.54) is 18.2 Å². The van der Waals surface area contributed by atoms with Crippen LogP contribution in [-0.4, -0.2) is 54.2 Å². The Morgan fingerprint density at radius 3 is 2.62 bits per heavy atom. The predicted octanol–water partition coefficient (Wildman–Crippen LogP) is 3.35. The third kappa shape index (κ3) is 3.15. The van der Waals surface area contributed by atoms with E-state index < -0.39 is 5.97 Å². The first-order chi connectivity index (χ1) is 14.2. The van der Waals surface area contributed by atoms with Gasteiger partial charge in [0.1, 0.15) is 0 Å². The van der Waals surface area contributed by atoms with Gasteiger partial charge in [0.15, 0.2) is 5.82 Å². The molecular formula is C21H19N5O2S. The number of anilines is 2. The van der Waals surface area contributed by atoms with E-state index in [9.17, 15) is 4.79 Å².